The van der Waals surface area contributed by atoms with Gasteiger partial charge < -0.3 is 5.32 Å². The highest BCUT2D eigenvalue weighted by atomic mass is 79.9. The van der Waals surface area contributed by atoms with E-state index < -0.39 is 0 Å². The van der Waals surface area contributed by atoms with Gasteiger partial charge in [-0.15, -0.1) is 0 Å². The molecule has 25 heavy (non-hydrogen) atoms. The smallest absolute Gasteiger partial charge is 0.130 e. The second-order valence-corrected chi connectivity index (χ2v) is 6.91. The van der Waals surface area contributed by atoms with Crippen LogP contribution in [0.25, 0.3) is 22.0 Å². The van der Waals surface area contributed by atoms with Crippen molar-refractivity contribution in [2.75, 3.05) is 5.32 Å². The van der Waals surface area contributed by atoms with Gasteiger partial charge in [-0.05, 0) is 60.0 Å². The fourth-order valence-electron chi connectivity index (χ4n) is 2.84. The molecule has 0 aliphatic heterocycles. The van der Waals surface area contributed by atoms with Crippen LogP contribution in [0.5, 0.6) is 0 Å². The molecule has 0 saturated heterocycles. The minimum Gasteiger partial charge on any atom is -0.340 e. The lowest BCUT2D eigenvalue weighted by Gasteiger charge is -2.09. The van der Waals surface area contributed by atoms with Gasteiger partial charge in [-0.3, -0.25) is 4.68 Å². The van der Waals surface area contributed by atoms with Crippen LogP contribution in [-0.4, -0.2) is 14.8 Å². The number of aryl methyl sites for hydroxylation is 2. The van der Waals surface area contributed by atoms with Crippen LogP contribution < -0.4 is 5.32 Å². The van der Waals surface area contributed by atoms with Crippen LogP contribution in [0.1, 0.15) is 5.56 Å². The van der Waals surface area contributed by atoms with Gasteiger partial charge in [0.25, 0.3) is 0 Å². The Balaban J connectivity index is 1.66. The van der Waals surface area contributed by atoms with Crippen LogP contribution in [0.15, 0.2) is 65.4 Å². The van der Waals surface area contributed by atoms with E-state index in [1.807, 2.05) is 30.2 Å². The molecule has 2 heterocycles. The number of benzene rings is 2. The van der Waals surface area contributed by atoms with Crippen molar-refractivity contribution in [1.82, 2.24) is 14.8 Å². The number of anilines is 2. The Kier molecular flexibility index (Phi) is 4.01. The van der Waals surface area contributed by atoms with E-state index in [1.54, 1.807) is 0 Å². The summed E-state index contributed by atoms with van der Waals surface area (Å²) in [5.74, 6) is 0.819. The van der Waals surface area contributed by atoms with Gasteiger partial charge in [0.05, 0.1) is 11.7 Å². The predicted molar refractivity (Wildman–Crippen MR) is 106 cm³/mol. The van der Waals surface area contributed by atoms with Crippen LogP contribution >= 0.6 is 15.9 Å². The van der Waals surface area contributed by atoms with Crippen molar-refractivity contribution in [1.29, 1.82) is 0 Å². The van der Waals surface area contributed by atoms with Crippen molar-refractivity contribution in [2.24, 2.45) is 7.05 Å². The summed E-state index contributed by atoms with van der Waals surface area (Å²) in [5.41, 5.74) is 5.60. The molecule has 0 aliphatic carbocycles. The maximum absolute atomic E-state index is 4.44. The monoisotopic (exact) mass is 392 g/mol. The number of hydrogen-bond acceptors (Lipinski definition) is 3. The normalized spacial score (nSPS) is 11.0. The Morgan fingerprint density at radius 2 is 1.84 bits per heavy atom. The van der Waals surface area contributed by atoms with Gasteiger partial charge in [-0.1, -0.05) is 28.1 Å². The molecule has 124 valence electrons. The average Bonchev–Trinajstić information content (AvgIpc) is 2.99. The zero-order valence-corrected chi connectivity index (χ0v) is 15.6. The van der Waals surface area contributed by atoms with E-state index in [-0.39, 0.29) is 0 Å². The molecular formula is C20H17BrN4. The summed E-state index contributed by atoms with van der Waals surface area (Å²) < 4.78 is 2.96. The lowest BCUT2D eigenvalue weighted by molar-refractivity contribution is 0.797. The summed E-state index contributed by atoms with van der Waals surface area (Å²) in [5, 5.41) is 8.81. The first-order chi connectivity index (χ1) is 12.1. The van der Waals surface area contributed by atoms with Gasteiger partial charge in [-0.2, -0.15) is 5.10 Å². The lowest BCUT2D eigenvalue weighted by atomic mass is 10.1. The van der Waals surface area contributed by atoms with Crippen LogP contribution in [0.4, 0.5) is 11.5 Å². The summed E-state index contributed by atoms with van der Waals surface area (Å²) in [6.07, 6.45) is 3.72. The molecule has 2 aromatic heterocycles. The number of halogens is 1. The first-order valence-electron chi connectivity index (χ1n) is 8.01. The van der Waals surface area contributed by atoms with Gasteiger partial charge in [0.2, 0.25) is 0 Å². The topological polar surface area (TPSA) is 42.7 Å². The van der Waals surface area contributed by atoms with Crippen molar-refractivity contribution >= 4 is 38.3 Å². The molecule has 0 amide bonds. The zero-order valence-electron chi connectivity index (χ0n) is 14.0. The van der Waals surface area contributed by atoms with Crippen LogP contribution in [0, 0.1) is 6.92 Å². The van der Waals surface area contributed by atoms with E-state index in [1.165, 1.54) is 5.56 Å². The van der Waals surface area contributed by atoms with Gasteiger partial charge in [0.15, 0.2) is 0 Å². The Morgan fingerprint density at radius 1 is 1.00 bits per heavy atom. The summed E-state index contributed by atoms with van der Waals surface area (Å²) in [6.45, 7) is 2.07. The second kappa shape index (κ2) is 6.33. The van der Waals surface area contributed by atoms with Gasteiger partial charge in [-0.25, -0.2) is 4.98 Å². The minimum absolute atomic E-state index is 0.819. The SMILES string of the molecule is Cc1ccc(Nc2cc(-c3ccc4c(cnn4C)c3)ccn2)cc1Br. The van der Waals surface area contributed by atoms with Gasteiger partial charge in [0.1, 0.15) is 5.82 Å². The Hall–Kier alpha value is -2.66. The zero-order chi connectivity index (χ0) is 17.4. The third kappa shape index (κ3) is 3.15. The molecule has 0 atom stereocenters. The standard InChI is InChI=1S/C20H17BrN4/c1-13-3-5-17(11-18(13)21)24-20-10-15(7-8-22-20)14-4-6-19-16(9-14)12-23-25(19)2/h3-12H,1-2H3,(H,22,24). The number of nitrogens with one attached hydrogen (secondary N) is 1. The van der Waals surface area contributed by atoms with E-state index in [4.69, 9.17) is 0 Å². The molecule has 1 N–H and O–H groups in total. The number of pyridine rings is 1. The summed E-state index contributed by atoms with van der Waals surface area (Å²) in [4.78, 5) is 4.44. The fourth-order valence-corrected chi connectivity index (χ4v) is 3.22. The highest BCUT2D eigenvalue weighted by Gasteiger charge is 2.05. The van der Waals surface area contributed by atoms with E-state index in [9.17, 15) is 0 Å². The quantitative estimate of drug-likeness (QED) is 0.503. The number of rotatable bonds is 3. The van der Waals surface area contributed by atoms with Crippen molar-refractivity contribution in [2.45, 2.75) is 6.92 Å². The predicted octanol–water partition coefficient (Wildman–Crippen LogP) is 5.45. The fraction of sp³-hybridized carbons (Fsp3) is 0.100. The number of fused-ring (bicyclic) bond motifs is 1. The number of hydrogen-bond donors (Lipinski definition) is 1. The summed E-state index contributed by atoms with van der Waals surface area (Å²) in [6, 6.07) is 16.6. The third-order valence-corrected chi connectivity index (χ3v) is 5.14. The number of aromatic nitrogens is 3. The molecule has 0 unspecified atom stereocenters. The van der Waals surface area contributed by atoms with Crippen LogP contribution in [0.3, 0.4) is 0 Å². The van der Waals surface area contributed by atoms with Crippen molar-refractivity contribution in [3.63, 3.8) is 0 Å². The minimum atomic E-state index is 0.819. The lowest BCUT2D eigenvalue weighted by Crippen LogP contribution is -1.94. The van der Waals surface area contributed by atoms with Gasteiger partial charge >= 0.3 is 0 Å². The van der Waals surface area contributed by atoms with E-state index >= 15 is 0 Å². The Morgan fingerprint density at radius 3 is 2.68 bits per heavy atom. The molecule has 2 aromatic carbocycles. The first-order valence-corrected chi connectivity index (χ1v) is 8.81. The van der Waals surface area contributed by atoms with E-state index in [0.717, 1.165) is 38.0 Å². The van der Waals surface area contributed by atoms with E-state index in [2.05, 4.69) is 80.7 Å². The number of nitrogens with zero attached hydrogens (tertiary/aromatic N) is 3. The van der Waals surface area contributed by atoms with Crippen molar-refractivity contribution in [3.05, 3.63) is 71.0 Å². The third-order valence-electron chi connectivity index (χ3n) is 4.28. The largest absolute Gasteiger partial charge is 0.340 e. The van der Waals surface area contributed by atoms with E-state index in [0.29, 0.717) is 0 Å². The van der Waals surface area contributed by atoms with Crippen LogP contribution in [-0.2, 0) is 7.05 Å². The van der Waals surface area contributed by atoms with Gasteiger partial charge in [0, 0.05) is 28.8 Å². The molecule has 4 rings (SSSR count). The highest BCUT2D eigenvalue weighted by Crippen LogP contribution is 2.27. The second-order valence-electron chi connectivity index (χ2n) is 6.06. The molecule has 0 spiro atoms. The van der Waals surface area contributed by atoms with Crippen molar-refractivity contribution < 1.29 is 0 Å². The molecule has 0 bridgehead atoms. The average molecular weight is 393 g/mol. The Labute approximate surface area is 154 Å². The molecule has 0 fully saturated rings. The van der Waals surface area contributed by atoms with Crippen LogP contribution in [0.2, 0.25) is 0 Å². The molecule has 5 heteroatoms. The molecule has 0 aliphatic rings. The summed E-state index contributed by atoms with van der Waals surface area (Å²) in [7, 11) is 1.95. The molecule has 4 nitrogen and oxygen atoms in total. The maximum Gasteiger partial charge on any atom is 0.130 e. The Bertz CT molecular complexity index is 1070. The maximum atomic E-state index is 4.44. The van der Waals surface area contributed by atoms with Crippen molar-refractivity contribution in [3.8, 4) is 11.1 Å². The molecule has 4 aromatic rings. The molecule has 0 saturated carbocycles. The highest BCUT2D eigenvalue weighted by molar-refractivity contribution is 9.10. The first kappa shape index (κ1) is 15.8. The molecule has 0 radical (unpaired) electrons. The summed E-state index contributed by atoms with van der Waals surface area (Å²) >= 11 is 3.57. The molecular weight excluding hydrogens is 376 g/mol.